The highest BCUT2D eigenvalue weighted by Gasteiger charge is 2.08. The van der Waals surface area contributed by atoms with Crippen molar-refractivity contribution in [3.05, 3.63) is 47.5 Å². The van der Waals surface area contributed by atoms with Gasteiger partial charge in [-0.15, -0.1) is 0 Å². The fourth-order valence-electron chi connectivity index (χ4n) is 2.02. The molecule has 0 fully saturated rings. The van der Waals surface area contributed by atoms with Gasteiger partial charge in [0.15, 0.2) is 11.5 Å². The average molecular weight is 273 g/mol. The first kappa shape index (κ1) is 14.1. The molecule has 2 aromatic carbocycles. The number of anilines is 1. The van der Waals surface area contributed by atoms with E-state index in [2.05, 4.69) is 5.32 Å². The summed E-state index contributed by atoms with van der Waals surface area (Å²) < 4.78 is 10.6. The summed E-state index contributed by atoms with van der Waals surface area (Å²) in [6.07, 6.45) is 0. The predicted molar refractivity (Wildman–Crippen MR) is 79.7 cm³/mol. The topological polar surface area (TPSA) is 50.7 Å². The molecule has 0 spiro atoms. The molecule has 20 heavy (non-hydrogen) atoms. The maximum atomic E-state index is 9.76. The van der Waals surface area contributed by atoms with Gasteiger partial charge >= 0.3 is 0 Å². The number of nitrogens with one attached hydrogen (secondary N) is 1. The number of phenols is 1. The second-order valence-corrected chi connectivity index (χ2v) is 4.50. The van der Waals surface area contributed by atoms with Gasteiger partial charge in [0.25, 0.3) is 0 Å². The number of benzene rings is 2. The molecule has 0 saturated heterocycles. The smallest absolute Gasteiger partial charge is 0.162 e. The SMILES string of the molecule is COc1cc(C)c(NCc2ccccc2O)cc1OC. The van der Waals surface area contributed by atoms with E-state index in [1.807, 2.05) is 31.2 Å². The quantitative estimate of drug-likeness (QED) is 0.877. The van der Waals surface area contributed by atoms with E-state index < -0.39 is 0 Å². The molecule has 0 radical (unpaired) electrons. The summed E-state index contributed by atoms with van der Waals surface area (Å²) in [7, 11) is 3.23. The number of phenolic OH excluding ortho intramolecular Hbond substituents is 1. The lowest BCUT2D eigenvalue weighted by molar-refractivity contribution is 0.355. The number of methoxy groups -OCH3 is 2. The number of ether oxygens (including phenoxy) is 2. The highest BCUT2D eigenvalue weighted by atomic mass is 16.5. The third-order valence-corrected chi connectivity index (χ3v) is 3.19. The van der Waals surface area contributed by atoms with Crippen LogP contribution < -0.4 is 14.8 Å². The minimum absolute atomic E-state index is 0.290. The van der Waals surface area contributed by atoms with Crippen LogP contribution in [0.15, 0.2) is 36.4 Å². The molecule has 4 heteroatoms. The van der Waals surface area contributed by atoms with Crippen molar-refractivity contribution < 1.29 is 14.6 Å². The van der Waals surface area contributed by atoms with Gasteiger partial charge in [0.2, 0.25) is 0 Å². The van der Waals surface area contributed by atoms with Crippen LogP contribution in [0.1, 0.15) is 11.1 Å². The van der Waals surface area contributed by atoms with Gasteiger partial charge in [0.1, 0.15) is 5.75 Å². The number of hydrogen-bond acceptors (Lipinski definition) is 4. The van der Waals surface area contributed by atoms with Crippen LogP contribution in [0.4, 0.5) is 5.69 Å². The average Bonchev–Trinajstić information content (AvgIpc) is 2.47. The maximum absolute atomic E-state index is 9.76. The van der Waals surface area contributed by atoms with E-state index in [9.17, 15) is 5.11 Å². The Balaban J connectivity index is 2.19. The first-order valence-corrected chi connectivity index (χ1v) is 6.39. The van der Waals surface area contributed by atoms with Crippen molar-refractivity contribution >= 4 is 5.69 Å². The molecule has 2 rings (SSSR count). The van der Waals surface area contributed by atoms with Crippen molar-refractivity contribution in [2.75, 3.05) is 19.5 Å². The zero-order valence-corrected chi connectivity index (χ0v) is 11.9. The largest absolute Gasteiger partial charge is 0.508 e. The van der Waals surface area contributed by atoms with Gasteiger partial charge < -0.3 is 19.9 Å². The molecule has 0 atom stereocenters. The molecular weight excluding hydrogens is 254 g/mol. The van der Waals surface area contributed by atoms with Gasteiger partial charge in [-0.3, -0.25) is 0 Å². The van der Waals surface area contributed by atoms with Crippen LogP contribution in [0.2, 0.25) is 0 Å². The van der Waals surface area contributed by atoms with Crippen molar-refractivity contribution in [2.24, 2.45) is 0 Å². The van der Waals surface area contributed by atoms with Crippen molar-refractivity contribution in [3.63, 3.8) is 0 Å². The van der Waals surface area contributed by atoms with Crippen LogP contribution in [0, 0.1) is 6.92 Å². The van der Waals surface area contributed by atoms with Crippen molar-refractivity contribution in [1.29, 1.82) is 0 Å². The highest BCUT2D eigenvalue weighted by molar-refractivity contribution is 5.60. The maximum Gasteiger partial charge on any atom is 0.162 e. The summed E-state index contributed by atoms with van der Waals surface area (Å²) in [6.45, 7) is 2.54. The van der Waals surface area contributed by atoms with Crippen molar-refractivity contribution in [3.8, 4) is 17.2 Å². The summed E-state index contributed by atoms with van der Waals surface area (Å²) in [4.78, 5) is 0. The van der Waals surface area contributed by atoms with Gasteiger partial charge in [-0.25, -0.2) is 0 Å². The first-order valence-electron chi connectivity index (χ1n) is 6.39. The molecule has 2 N–H and O–H groups in total. The Morgan fingerprint density at radius 2 is 1.70 bits per heavy atom. The van der Waals surface area contributed by atoms with Gasteiger partial charge in [0, 0.05) is 23.9 Å². The van der Waals surface area contributed by atoms with Crippen LogP contribution >= 0.6 is 0 Å². The molecule has 0 saturated carbocycles. The van der Waals surface area contributed by atoms with Crippen LogP contribution in [-0.4, -0.2) is 19.3 Å². The van der Waals surface area contributed by atoms with Gasteiger partial charge in [-0.05, 0) is 24.6 Å². The zero-order chi connectivity index (χ0) is 14.5. The Morgan fingerprint density at radius 3 is 2.35 bits per heavy atom. The summed E-state index contributed by atoms with van der Waals surface area (Å²) in [5.74, 6) is 1.68. The van der Waals surface area contributed by atoms with Crippen LogP contribution in [-0.2, 0) is 6.54 Å². The fraction of sp³-hybridized carbons (Fsp3) is 0.250. The van der Waals surface area contributed by atoms with Gasteiger partial charge in [-0.2, -0.15) is 0 Å². The van der Waals surface area contributed by atoms with E-state index in [-0.39, 0.29) is 5.75 Å². The van der Waals surface area contributed by atoms with Crippen LogP contribution in [0.25, 0.3) is 0 Å². The molecule has 0 aromatic heterocycles. The summed E-state index contributed by atoms with van der Waals surface area (Å²) in [5, 5.41) is 13.1. The number of para-hydroxylation sites is 1. The van der Waals surface area contributed by atoms with Crippen molar-refractivity contribution in [1.82, 2.24) is 0 Å². The summed E-state index contributed by atoms with van der Waals surface area (Å²) >= 11 is 0. The lowest BCUT2D eigenvalue weighted by atomic mass is 10.1. The third kappa shape index (κ3) is 2.96. The van der Waals surface area contributed by atoms with E-state index >= 15 is 0 Å². The number of aromatic hydroxyl groups is 1. The molecule has 106 valence electrons. The molecule has 0 heterocycles. The molecule has 0 unspecified atom stereocenters. The highest BCUT2D eigenvalue weighted by Crippen LogP contribution is 2.33. The summed E-state index contributed by atoms with van der Waals surface area (Å²) in [6, 6.07) is 11.1. The monoisotopic (exact) mass is 273 g/mol. The van der Waals surface area contributed by atoms with Crippen molar-refractivity contribution in [2.45, 2.75) is 13.5 Å². The number of rotatable bonds is 5. The molecule has 0 aliphatic carbocycles. The molecular formula is C16H19NO3. The standard InChI is InChI=1S/C16H19NO3/c1-11-8-15(19-2)16(20-3)9-13(11)17-10-12-6-4-5-7-14(12)18/h4-9,17-18H,10H2,1-3H3. The Bertz CT molecular complexity index is 596. The first-order chi connectivity index (χ1) is 9.65. The van der Waals surface area contributed by atoms with Crippen LogP contribution in [0.5, 0.6) is 17.2 Å². The molecule has 0 bridgehead atoms. The fourth-order valence-corrected chi connectivity index (χ4v) is 2.02. The van der Waals surface area contributed by atoms with E-state index in [4.69, 9.17) is 9.47 Å². The van der Waals surface area contributed by atoms with E-state index in [0.29, 0.717) is 18.0 Å². The number of hydrogen-bond donors (Lipinski definition) is 2. The molecule has 0 amide bonds. The summed E-state index contributed by atoms with van der Waals surface area (Å²) in [5.41, 5.74) is 2.85. The van der Waals surface area contributed by atoms with E-state index in [1.165, 1.54) is 0 Å². The predicted octanol–water partition coefficient (Wildman–Crippen LogP) is 3.33. The lowest BCUT2D eigenvalue weighted by Crippen LogP contribution is -2.02. The second-order valence-electron chi connectivity index (χ2n) is 4.50. The normalized spacial score (nSPS) is 10.2. The zero-order valence-electron chi connectivity index (χ0n) is 11.9. The van der Waals surface area contributed by atoms with Crippen LogP contribution in [0.3, 0.4) is 0 Å². The van der Waals surface area contributed by atoms with E-state index in [1.54, 1.807) is 26.4 Å². The number of aryl methyl sites for hydroxylation is 1. The minimum atomic E-state index is 0.290. The third-order valence-electron chi connectivity index (χ3n) is 3.19. The van der Waals surface area contributed by atoms with Gasteiger partial charge in [-0.1, -0.05) is 18.2 Å². The Morgan fingerprint density at radius 1 is 1.05 bits per heavy atom. The Labute approximate surface area is 119 Å². The molecule has 0 aliphatic heterocycles. The minimum Gasteiger partial charge on any atom is -0.508 e. The molecule has 2 aromatic rings. The lowest BCUT2D eigenvalue weighted by Gasteiger charge is -2.14. The Hall–Kier alpha value is -2.36. The molecule has 4 nitrogen and oxygen atoms in total. The second kappa shape index (κ2) is 6.19. The Kier molecular flexibility index (Phi) is 4.35. The molecule has 0 aliphatic rings. The van der Waals surface area contributed by atoms with Gasteiger partial charge in [0.05, 0.1) is 14.2 Å². The van der Waals surface area contributed by atoms with E-state index in [0.717, 1.165) is 16.8 Å².